The van der Waals surface area contributed by atoms with Crippen LogP contribution in [-0.4, -0.2) is 29.2 Å². The molecule has 0 aliphatic heterocycles. The van der Waals surface area contributed by atoms with Gasteiger partial charge in [-0.15, -0.1) is 0 Å². The van der Waals surface area contributed by atoms with E-state index in [1.165, 1.54) is 23.8 Å². The molecule has 1 rings (SSSR count). The summed E-state index contributed by atoms with van der Waals surface area (Å²) in [4.78, 5) is 12.1. The second-order valence-electron chi connectivity index (χ2n) is 7.87. The van der Waals surface area contributed by atoms with Gasteiger partial charge in [0.1, 0.15) is 6.10 Å². The van der Waals surface area contributed by atoms with Crippen molar-refractivity contribution in [1.29, 1.82) is 0 Å². The van der Waals surface area contributed by atoms with E-state index in [-0.39, 0.29) is 17.5 Å². The molecule has 2 N–H and O–H groups in total. The molecule has 4 nitrogen and oxygen atoms in total. The van der Waals surface area contributed by atoms with Gasteiger partial charge in [0.2, 0.25) is 5.78 Å². The Morgan fingerprint density at radius 1 is 1.04 bits per heavy atom. The normalized spacial score (nSPS) is 24.3. The number of carbonyl (C=O) groups is 1. The van der Waals surface area contributed by atoms with Crippen molar-refractivity contribution in [3.8, 4) is 0 Å². The van der Waals surface area contributed by atoms with Crippen molar-refractivity contribution in [1.82, 2.24) is 0 Å². The molecular weight excluding hydrogens is 340 g/mol. The smallest absolute Gasteiger partial charge is 0.203 e. The summed E-state index contributed by atoms with van der Waals surface area (Å²) in [7, 11) is 1.36. The van der Waals surface area contributed by atoms with Gasteiger partial charge in [0.15, 0.2) is 11.5 Å². The van der Waals surface area contributed by atoms with E-state index < -0.39 is 17.8 Å². The minimum Gasteiger partial charge on any atom is -0.502 e. The maximum absolute atomic E-state index is 12.1. The molecule has 0 aromatic rings. The minimum absolute atomic E-state index is 0.0101. The Kier molecular flexibility index (Phi) is 9.57. The lowest BCUT2D eigenvalue weighted by Crippen LogP contribution is -2.39. The van der Waals surface area contributed by atoms with E-state index in [2.05, 4.69) is 45.9 Å². The molecule has 1 aliphatic rings. The van der Waals surface area contributed by atoms with E-state index in [4.69, 9.17) is 4.74 Å². The number of hydrogen-bond donors (Lipinski definition) is 2. The van der Waals surface area contributed by atoms with Crippen molar-refractivity contribution >= 4 is 5.78 Å². The molecule has 3 unspecified atom stereocenters. The van der Waals surface area contributed by atoms with Crippen molar-refractivity contribution in [2.75, 3.05) is 7.11 Å². The zero-order valence-electron chi connectivity index (χ0n) is 17.7. The number of ether oxygens (including phenoxy) is 1. The van der Waals surface area contributed by atoms with Crippen molar-refractivity contribution in [2.45, 2.75) is 72.8 Å². The zero-order valence-corrected chi connectivity index (χ0v) is 17.7. The fourth-order valence-corrected chi connectivity index (χ4v) is 3.37. The maximum atomic E-state index is 12.1. The Labute approximate surface area is 164 Å². The second kappa shape index (κ2) is 11.1. The van der Waals surface area contributed by atoms with Crippen LogP contribution in [0.25, 0.3) is 0 Å². The van der Waals surface area contributed by atoms with Crippen molar-refractivity contribution in [3.05, 3.63) is 46.5 Å². The molecular formula is C23H36O4. The van der Waals surface area contributed by atoms with Crippen LogP contribution in [0.5, 0.6) is 0 Å². The van der Waals surface area contributed by atoms with Crippen molar-refractivity contribution < 1.29 is 19.7 Å². The molecule has 27 heavy (non-hydrogen) atoms. The van der Waals surface area contributed by atoms with Gasteiger partial charge in [-0.3, -0.25) is 4.79 Å². The largest absolute Gasteiger partial charge is 0.502 e. The standard InChI is InChI=1S/C23H36O4/c1-15(2)9-7-10-16(3)11-8-12-17(4)13-14-19-18(5)20(24)22(26)23(27-6)21(19)25/h9,11,13,18-19,21,25-26H,7-8,10,12,14H2,1-6H3/b16-11+,17-13+. The van der Waals surface area contributed by atoms with E-state index >= 15 is 0 Å². The summed E-state index contributed by atoms with van der Waals surface area (Å²) in [5.74, 6) is -1.52. The summed E-state index contributed by atoms with van der Waals surface area (Å²) in [6.45, 7) is 10.3. The van der Waals surface area contributed by atoms with E-state index in [9.17, 15) is 15.0 Å². The molecule has 0 saturated heterocycles. The molecule has 0 radical (unpaired) electrons. The number of aliphatic hydroxyl groups excluding tert-OH is 2. The highest BCUT2D eigenvalue weighted by atomic mass is 16.5. The number of aliphatic hydroxyl groups is 2. The number of allylic oxidation sites excluding steroid dienone is 7. The molecule has 0 heterocycles. The van der Waals surface area contributed by atoms with Gasteiger partial charge in [-0.05, 0) is 59.8 Å². The first-order chi connectivity index (χ1) is 12.7. The third kappa shape index (κ3) is 7.02. The van der Waals surface area contributed by atoms with Crippen LogP contribution in [0.2, 0.25) is 0 Å². The first-order valence-electron chi connectivity index (χ1n) is 9.83. The summed E-state index contributed by atoms with van der Waals surface area (Å²) in [5.41, 5.74) is 4.01. The van der Waals surface area contributed by atoms with Crippen molar-refractivity contribution in [2.24, 2.45) is 11.8 Å². The van der Waals surface area contributed by atoms with Gasteiger partial charge < -0.3 is 14.9 Å². The third-order valence-corrected chi connectivity index (χ3v) is 5.28. The van der Waals surface area contributed by atoms with Gasteiger partial charge in [0.05, 0.1) is 7.11 Å². The lowest BCUT2D eigenvalue weighted by molar-refractivity contribution is -0.127. The highest BCUT2D eigenvalue weighted by molar-refractivity contribution is 5.96. The Bertz CT molecular complexity index is 633. The van der Waals surface area contributed by atoms with Gasteiger partial charge in [0, 0.05) is 11.8 Å². The molecule has 0 fully saturated rings. The van der Waals surface area contributed by atoms with Gasteiger partial charge in [-0.2, -0.15) is 0 Å². The van der Waals surface area contributed by atoms with Gasteiger partial charge in [-0.1, -0.05) is 41.9 Å². The van der Waals surface area contributed by atoms with Gasteiger partial charge >= 0.3 is 0 Å². The van der Waals surface area contributed by atoms with E-state index in [0.29, 0.717) is 6.42 Å². The van der Waals surface area contributed by atoms with Crippen molar-refractivity contribution in [3.63, 3.8) is 0 Å². The first kappa shape index (κ1) is 23.2. The summed E-state index contributed by atoms with van der Waals surface area (Å²) >= 11 is 0. The van der Waals surface area contributed by atoms with Crippen LogP contribution < -0.4 is 0 Å². The van der Waals surface area contributed by atoms with Crippen LogP contribution in [0.1, 0.15) is 66.7 Å². The summed E-state index contributed by atoms with van der Waals surface area (Å²) in [6, 6.07) is 0. The number of carbonyl (C=O) groups excluding carboxylic acids is 1. The molecule has 3 atom stereocenters. The topological polar surface area (TPSA) is 66.8 Å². The average Bonchev–Trinajstić information content (AvgIpc) is 2.60. The summed E-state index contributed by atoms with van der Waals surface area (Å²) in [6.07, 6.45) is 10.4. The molecule has 0 amide bonds. The van der Waals surface area contributed by atoms with Crippen LogP contribution in [0.4, 0.5) is 0 Å². The maximum Gasteiger partial charge on any atom is 0.203 e. The molecule has 0 aromatic carbocycles. The lowest BCUT2D eigenvalue weighted by Gasteiger charge is -2.32. The fourth-order valence-electron chi connectivity index (χ4n) is 3.37. The Balaban J connectivity index is 2.59. The van der Waals surface area contributed by atoms with Crippen LogP contribution in [0, 0.1) is 11.8 Å². The first-order valence-corrected chi connectivity index (χ1v) is 9.83. The molecule has 152 valence electrons. The Hall–Kier alpha value is -1.81. The Morgan fingerprint density at radius 3 is 2.15 bits per heavy atom. The van der Waals surface area contributed by atoms with Crippen LogP contribution in [0.3, 0.4) is 0 Å². The number of methoxy groups -OCH3 is 1. The second-order valence-corrected chi connectivity index (χ2v) is 7.87. The summed E-state index contributed by atoms with van der Waals surface area (Å²) < 4.78 is 5.04. The zero-order chi connectivity index (χ0) is 20.6. The van der Waals surface area contributed by atoms with Crippen LogP contribution in [-0.2, 0) is 9.53 Å². The van der Waals surface area contributed by atoms with Crippen LogP contribution in [0.15, 0.2) is 46.5 Å². The predicted molar refractivity (Wildman–Crippen MR) is 110 cm³/mol. The minimum atomic E-state index is -0.955. The number of Topliss-reactive ketones (excluding diaryl/α,β-unsaturated/α-hetero) is 1. The quantitative estimate of drug-likeness (QED) is 0.528. The van der Waals surface area contributed by atoms with Gasteiger partial charge in [0.25, 0.3) is 0 Å². The predicted octanol–water partition coefficient (Wildman–Crippen LogP) is 5.41. The number of rotatable bonds is 9. The highest BCUT2D eigenvalue weighted by Gasteiger charge is 2.41. The molecule has 0 saturated carbocycles. The monoisotopic (exact) mass is 376 g/mol. The van der Waals surface area contributed by atoms with E-state index in [0.717, 1.165) is 25.7 Å². The molecule has 4 heteroatoms. The number of ketones is 1. The third-order valence-electron chi connectivity index (χ3n) is 5.28. The van der Waals surface area contributed by atoms with Crippen LogP contribution >= 0.6 is 0 Å². The Morgan fingerprint density at radius 2 is 1.59 bits per heavy atom. The molecule has 1 aliphatic carbocycles. The van der Waals surface area contributed by atoms with E-state index in [1.807, 2.05) is 0 Å². The fraction of sp³-hybridized carbons (Fsp3) is 0.609. The average molecular weight is 377 g/mol. The lowest BCUT2D eigenvalue weighted by atomic mass is 9.77. The van der Waals surface area contributed by atoms with E-state index in [1.54, 1.807) is 6.92 Å². The highest BCUT2D eigenvalue weighted by Crippen LogP contribution is 2.34. The van der Waals surface area contributed by atoms with Gasteiger partial charge in [-0.25, -0.2) is 0 Å². The number of hydrogen-bond acceptors (Lipinski definition) is 4. The summed E-state index contributed by atoms with van der Waals surface area (Å²) in [5, 5.41) is 20.3. The SMILES string of the molecule is COC1=C(O)C(=O)C(C)C(C/C=C(\C)CC/C=C(\C)CCC=C(C)C)C1O. The molecule has 0 bridgehead atoms. The molecule has 0 spiro atoms. The molecule has 0 aromatic heterocycles.